The zero-order chi connectivity index (χ0) is 8.27. The van der Waals surface area contributed by atoms with Gasteiger partial charge in [0.2, 0.25) is 5.88 Å². The van der Waals surface area contributed by atoms with E-state index in [-0.39, 0.29) is 0 Å². The topological polar surface area (TPSA) is 27.1 Å². The smallest absolute Gasteiger partial charge is 0.214 e. The predicted octanol–water partition coefficient (Wildman–Crippen LogP) is 1.38. The van der Waals surface area contributed by atoms with Crippen molar-refractivity contribution in [3.05, 3.63) is 11.8 Å². The number of hydrogen-bond acceptors (Lipinski definition) is 2. The molecule has 3 nitrogen and oxygen atoms in total. The molecule has 0 spiro atoms. The molecule has 0 aromatic carbocycles. The largest absolute Gasteiger partial charge is 0.478 e. The van der Waals surface area contributed by atoms with E-state index in [1.165, 1.54) is 5.56 Å². The minimum Gasteiger partial charge on any atom is -0.478 e. The Morgan fingerprint density at radius 3 is 2.82 bits per heavy atom. The van der Waals surface area contributed by atoms with Crippen molar-refractivity contribution in [2.45, 2.75) is 20.3 Å². The van der Waals surface area contributed by atoms with Crippen LogP contribution < -0.4 is 4.74 Å². The molecule has 0 aliphatic rings. The SMILES string of the molecule is CCOc1c(CC)cnn1C. The van der Waals surface area contributed by atoms with Crippen molar-refractivity contribution in [2.75, 3.05) is 6.61 Å². The number of rotatable bonds is 3. The summed E-state index contributed by atoms with van der Waals surface area (Å²) in [5, 5.41) is 4.10. The summed E-state index contributed by atoms with van der Waals surface area (Å²) >= 11 is 0. The number of hydrogen-bond donors (Lipinski definition) is 0. The van der Waals surface area contributed by atoms with Crippen LogP contribution in [0.1, 0.15) is 19.4 Å². The van der Waals surface area contributed by atoms with E-state index < -0.39 is 0 Å². The second-order valence-corrected chi connectivity index (χ2v) is 2.39. The van der Waals surface area contributed by atoms with Crippen molar-refractivity contribution in [1.29, 1.82) is 0 Å². The first kappa shape index (κ1) is 8.11. The van der Waals surface area contributed by atoms with Crippen LogP contribution >= 0.6 is 0 Å². The minimum absolute atomic E-state index is 0.701. The van der Waals surface area contributed by atoms with Crippen LogP contribution in [-0.2, 0) is 13.5 Å². The quantitative estimate of drug-likeness (QED) is 0.657. The van der Waals surface area contributed by atoms with Crippen molar-refractivity contribution in [3.8, 4) is 5.88 Å². The van der Waals surface area contributed by atoms with Gasteiger partial charge in [0, 0.05) is 12.6 Å². The molecule has 0 saturated carbocycles. The summed E-state index contributed by atoms with van der Waals surface area (Å²) in [6.45, 7) is 4.78. The van der Waals surface area contributed by atoms with E-state index in [2.05, 4.69) is 12.0 Å². The predicted molar refractivity (Wildman–Crippen MR) is 43.8 cm³/mol. The Kier molecular flexibility index (Phi) is 2.52. The lowest BCUT2D eigenvalue weighted by atomic mass is 10.3. The van der Waals surface area contributed by atoms with E-state index >= 15 is 0 Å². The normalized spacial score (nSPS) is 10.1. The first-order valence-corrected chi connectivity index (χ1v) is 3.93. The van der Waals surface area contributed by atoms with Crippen LogP contribution in [0.15, 0.2) is 6.20 Å². The van der Waals surface area contributed by atoms with Crippen LogP contribution in [0, 0.1) is 0 Å². The molecule has 0 saturated heterocycles. The van der Waals surface area contributed by atoms with Crippen molar-refractivity contribution in [1.82, 2.24) is 9.78 Å². The van der Waals surface area contributed by atoms with E-state index in [1.807, 2.05) is 20.2 Å². The first-order valence-electron chi connectivity index (χ1n) is 3.93. The Morgan fingerprint density at radius 1 is 1.55 bits per heavy atom. The van der Waals surface area contributed by atoms with Gasteiger partial charge in [-0.3, -0.25) is 0 Å². The van der Waals surface area contributed by atoms with E-state index in [9.17, 15) is 0 Å². The third kappa shape index (κ3) is 1.53. The summed E-state index contributed by atoms with van der Waals surface area (Å²) in [6, 6.07) is 0. The molecule has 0 bridgehead atoms. The molecule has 0 amide bonds. The Balaban J connectivity index is 2.88. The lowest BCUT2D eigenvalue weighted by Crippen LogP contribution is -2.00. The van der Waals surface area contributed by atoms with Gasteiger partial charge in [-0.2, -0.15) is 5.10 Å². The molecule has 0 unspecified atom stereocenters. The van der Waals surface area contributed by atoms with Crippen LogP contribution in [0.5, 0.6) is 5.88 Å². The molecule has 0 radical (unpaired) electrons. The van der Waals surface area contributed by atoms with Gasteiger partial charge in [0.15, 0.2) is 0 Å². The van der Waals surface area contributed by atoms with Crippen LogP contribution in [-0.4, -0.2) is 16.4 Å². The van der Waals surface area contributed by atoms with Crippen molar-refractivity contribution >= 4 is 0 Å². The number of nitrogens with zero attached hydrogens (tertiary/aromatic N) is 2. The standard InChI is InChI=1S/C8H14N2O/c1-4-7-6-9-10(3)8(7)11-5-2/h6H,4-5H2,1-3H3. The van der Waals surface area contributed by atoms with Gasteiger partial charge in [0.05, 0.1) is 12.8 Å². The highest BCUT2D eigenvalue weighted by Crippen LogP contribution is 2.16. The molecule has 1 rings (SSSR count). The maximum absolute atomic E-state index is 5.40. The average molecular weight is 154 g/mol. The molecular formula is C8H14N2O. The number of aryl methyl sites for hydroxylation is 2. The second kappa shape index (κ2) is 3.42. The highest BCUT2D eigenvalue weighted by molar-refractivity contribution is 5.23. The van der Waals surface area contributed by atoms with Crippen molar-refractivity contribution in [3.63, 3.8) is 0 Å². The Morgan fingerprint density at radius 2 is 2.27 bits per heavy atom. The lowest BCUT2D eigenvalue weighted by Gasteiger charge is -2.04. The molecule has 1 heterocycles. The van der Waals surface area contributed by atoms with E-state index in [1.54, 1.807) is 4.68 Å². The molecule has 3 heteroatoms. The molecule has 62 valence electrons. The molecule has 1 aromatic rings. The number of aromatic nitrogens is 2. The molecule has 0 atom stereocenters. The van der Waals surface area contributed by atoms with Crippen molar-refractivity contribution < 1.29 is 4.74 Å². The lowest BCUT2D eigenvalue weighted by molar-refractivity contribution is 0.306. The second-order valence-electron chi connectivity index (χ2n) is 2.39. The summed E-state index contributed by atoms with van der Waals surface area (Å²) < 4.78 is 7.17. The van der Waals surface area contributed by atoms with Gasteiger partial charge in [-0.15, -0.1) is 0 Å². The highest BCUT2D eigenvalue weighted by Gasteiger charge is 2.05. The van der Waals surface area contributed by atoms with Gasteiger partial charge in [0.1, 0.15) is 0 Å². The highest BCUT2D eigenvalue weighted by atomic mass is 16.5. The minimum atomic E-state index is 0.701. The van der Waals surface area contributed by atoms with Gasteiger partial charge < -0.3 is 4.74 Å². The monoisotopic (exact) mass is 154 g/mol. The molecular weight excluding hydrogens is 140 g/mol. The van der Waals surface area contributed by atoms with Crippen molar-refractivity contribution in [2.24, 2.45) is 7.05 Å². The summed E-state index contributed by atoms with van der Waals surface area (Å²) in [6.07, 6.45) is 2.83. The van der Waals surface area contributed by atoms with E-state index in [0.29, 0.717) is 6.61 Å². The number of ether oxygens (including phenoxy) is 1. The van der Waals surface area contributed by atoms with E-state index in [0.717, 1.165) is 12.3 Å². The van der Waals surface area contributed by atoms with Gasteiger partial charge in [-0.1, -0.05) is 6.92 Å². The Hall–Kier alpha value is -0.990. The van der Waals surface area contributed by atoms with Gasteiger partial charge in [-0.05, 0) is 13.3 Å². The summed E-state index contributed by atoms with van der Waals surface area (Å²) in [5.41, 5.74) is 1.18. The fraction of sp³-hybridized carbons (Fsp3) is 0.625. The third-order valence-electron chi connectivity index (χ3n) is 1.62. The van der Waals surface area contributed by atoms with E-state index in [4.69, 9.17) is 4.74 Å². The third-order valence-corrected chi connectivity index (χ3v) is 1.62. The fourth-order valence-corrected chi connectivity index (χ4v) is 1.04. The average Bonchev–Trinajstić information content (AvgIpc) is 2.34. The Labute approximate surface area is 67.0 Å². The van der Waals surface area contributed by atoms with Crippen LogP contribution in [0.3, 0.4) is 0 Å². The van der Waals surface area contributed by atoms with Gasteiger partial charge >= 0.3 is 0 Å². The summed E-state index contributed by atoms with van der Waals surface area (Å²) in [7, 11) is 1.89. The maximum Gasteiger partial charge on any atom is 0.214 e. The molecule has 11 heavy (non-hydrogen) atoms. The molecule has 0 aliphatic carbocycles. The fourth-order valence-electron chi connectivity index (χ4n) is 1.04. The zero-order valence-corrected chi connectivity index (χ0v) is 7.29. The summed E-state index contributed by atoms with van der Waals surface area (Å²) in [5.74, 6) is 0.898. The van der Waals surface area contributed by atoms with Crippen LogP contribution in [0.2, 0.25) is 0 Å². The van der Waals surface area contributed by atoms with Gasteiger partial charge in [0.25, 0.3) is 0 Å². The van der Waals surface area contributed by atoms with Crippen LogP contribution in [0.25, 0.3) is 0 Å². The molecule has 0 aliphatic heterocycles. The molecule has 0 fully saturated rings. The summed E-state index contributed by atoms with van der Waals surface area (Å²) in [4.78, 5) is 0. The molecule has 0 N–H and O–H groups in total. The van der Waals surface area contributed by atoms with Gasteiger partial charge in [-0.25, -0.2) is 4.68 Å². The van der Waals surface area contributed by atoms with Crippen LogP contribution in [0.4, 0.5) is 0 Å². The molecule has 1 aromatic heterocycles. The first-order chi connectivity index (χ1) is 5.29. The Bertz CT molecular complexity index is 230. The zero-order valence-electron chi connectivity index (χ0n) is 7.29. The maximum atomic E-state index is 5.40.